The standard InChI is InChI=1S/C12H21N/c1-3-4-5-6-8-12-9-7-10-13(2)11-12/h7,9-10H,3-6,8,11H2,1-2H3. The molecule has 0 spiro atoms. The zero-order valence-corrected chi connectivity index (χ0v) is 8.92. The SMILES string of the molecule is CCCCCCC1=CC=CN(C)C1. The Hall–Kier alpha value is -0.720. The van der Waals surface area contributed by atoms with E-state index >= 15 is 0 Å². The van der Waals surface area contributed by atoms with Gasteiger partial charge >= 0.3 is 0 Å². The first-order valence-corrected chi connectivity index (χ1v) is 5.39. The Kier molecular flexibility index (Phi) is 4.66. The third-order valence-corrected chi connectivity index (χ3v) is 2.48. The third-order valence-electron chi connectivity index (χ3n) is 2.48. The highest BCUT2D eigenvalue weighted by molar-refractivity contribution is 5.18. The fraction of sp³-hybridized carbons (Fsp3) is 0.667. The second-order valence-corrected chi connectivity index (χ2v) is 3.89. The maximum absolute atomic E-state index is 2.27. The van der Waals surface area contributed by atoms with E-state index in [9.17, 15) is 0 Å². The Labute approximate surface area is 82.1 Å². The van der Waals surface area contributed by atoms with E-state index in [-0.39, 0.29) is 0 Å². The summed E-state index contributed by atoms with van der Waals surface area (Å²) in [4.78, 5) is 2.25. The highest BCUT2D eigenvalue weighted by atomic mass is 15.1. The fourth-order valence-corrected chi connectivity index (χ4v) is 1.69. The summed E-state index contributed by atoms with van der Waals surface area (Å²) in [5.74, 6) is 0. The van der Waals surface area contributed by atoms with Crippen molar-refractivity contribution in [2.24, 2.45) is 0 Å². The highest BCUT2D eigenvalue weighted by Crippen LogP contribution is 2.14. The molecule has 0 aromatic heterocycles. The number of nitrogens with zero attached hydrogens (tertiary/aromatic N) is 1. The summed E-state index contributed by atoms with van der Waals surface area (Å²) in [5.41, 5.74) is 1.58. The van der Waals surface area contributed by atoms with Gasteiger partial charge in [-0.2, -0.15) is 0 Å². The Morgan fingerprint density at radius 3 is 2.85 bits per heavy atom. The highest BCUT2D eigenvalue weighted by Gasteiger charge is 2.02. The van der Waals surface area contributed by atoms with Gasteiger partial charge in [-0.1, -0.05) is 37.8 Å². The van der Waals surface area contributed by atoms with Crippen molar-refractivity contribution in [2.45, 2.75) is 39.0 Å². The molecular formula is C12H21N. The van der Waals surface area contributed by atoms with Crippen LogP contribution in [0.5, 0.6) is 0 Å². The molecule has 0 bridgehead atoms. The van der Waals surface area contributed by atoms with Crippen LogP contribution in [0.3, 0.4) is 0 Å². The Morgan fingerprint density at radius 1 is 1.31 bits per heavy atom. The number of unbranched alkanes of at least 4 members (excludes halogenated alkanes) is 3. The number of hydrogen-bond donors (Lipinski definition) is 0. The van der Waals surface area contributed by atoms with Gasteiger partial charge in [-0.15, -0.1) is 0 Å². The molecule has 0 saturated heterocycles. The Bertz CT molecular complexity index is 191. The molecule has 1 aliphatic heterocycles. The van der Waals surface area contributed by atoms with Crippen LogP contribution >= 0.6 is 0 Å². The maximum atomic E-state index is 2.27. The lowest BCUT2D eigenvalue weighted by atomic mass is 10.0. The topological polar surface area (TPSA) is 3.24 Å². The molecule has 0 fully saturated rings. The molecule has 0 atom stereocenters. The average molecular weight is 179 g/mol. The monoisotopic (exact) mass is 179 g/mol. The van der Waals surface area contributed by atoms with Gasteiger partial charge in [0, 0.05) is 13.6 Å². The fourth-order valence-electron chi connectivity index (χ4n) is 1.69. The lowest BCUT2D eigenvalue weighted by molar-refractivity contribution is 0.478. The van der Waals surface area contributed by atoms with Gasteiger partial charge in [0.1, 0.15) is 0 Å². The van der Waals surface area contributed by atoms with Gasteiger partial charge in [-0.05, 0) is 25.1 Å². The molecule has 0 amide bonds. The predicted octanol–water partition coefficient (Wildman–Crippen LogP) is 3.34. The number of allylic oxidation sites excluding steroid dienone is 2. The van der Waals surface area contributed by atoms with Gasteiger partial charge in [0.15, 0.2) is 0 Å². The molecule has 0 radical (unpaired) electrons. The molecule has 1 rings (SSSR count). The van der Waals surface area contributed by atoms with Crippen molar-refractivity contribution in [1.29, 1.82) is 0 Å². The quantitative estimate of drug-likeness (QED) is 0.585. The lowest BCUT2D eigenvalue weighted by Gasteiger charge is -2.19. The molecule has 0 unspecified atom stereocenters. The van der Waals surface area contributed by atoms with E-state index in [1.807, 2.05) is 0 Å². The predicted molar refractivity (Wildman–Crippen MR) is 58.6 cm³/mol. The van der Waals surface area contributed by atoms with E-state index in [2.05, 4.69) is 37.2 Å². The molecule has 1 nitrogen and oxygen atoms in total. The largest absolute Gasteiger partial charge is 0.376 e. The second kappa shape index (κ2) is 5.85. The van der Waals surface area contributed by atoms with Crippen molar-refractivity contribution in [2.75, 3.05) is 13.6 Å². The third kappa shape index (κ3) is 4.16. The van der Waals surface area contributed by atoms with Crippen LogP contribution in [-0.2, 0) is 0 Å². The van der Waals surface area contributed by atoms with Gasteiger partial charge in [-0.3, -0.25) is 0 Å². The van der Waals surface area contributed by atoms with Crippen LogP contribution in [0.4, 0.5) is 0 Å². The number of rotatable bonds is 5. The minimum absolute atomic E-state index is 1.13. The van der Waals surface area contributed by atoms with Gasteiger partial charge in [0.25, 0.3) is 0 Å². The molecule has 74 valence electrons. The summed E-state index contributed by atoms with van der Waals surface area (Å²) in [5, 5.41) is 0. The zero-order chi connectivity index (χ0) is 9.52. The van der Waals surface area contributed by atoms with Crippen molar-refractivity contribution in [1.82, 2.24) is 4.90 Å². The Morgan fingerprint density at radius 2 is 2.15 bits per heavy atom. The lowest BCUT2D eigenvalue weighted by Crippen LogP contribution is -2.16. The van der Waals surface area contributed by atoms with Gasteiger partial charge in [-0.25, -0.2) is 0 Å². The summed E-state index contributed by atoms with van der Waals surface area (Å²) >= 11 is 0. The van der Waals surface area contributed by atoms with Crippen molar-refractivity contribution in [3.63, 3.8) is 0 Å². The minimum Gasteiger partial charge on any atom is -0.376 e. The first-order valence-electron chi connectivity index (χ1n) is 5.39. The van der Waals surface area contributed by atoms with Crippen molar-refractivity contribution in [3.05, 3.63) is 23.9 Å². The van der Waals surface area contributed by atoms with Crippen molar-refractivity contribution >= 4 is 0 Å². The molecule has 0 aliphatic carbocycles. The van der Waals surface area contributed by atoms with Crippen LogP contribution in [0.1, 0.15) is 39.0 Å². The van der Waals surface area contributed by atoms with E-state index < -0.39 is 0 Å². The number of hydrogen-bond acceptors (Lipinski definition) is 1. The Balaban J connectivity index is 2.14. The molecule has 0 aromatic carbocycles. The molecular weight excluding hydrogens is 158 g/mol. The van der Waals surface area contributed by atoms with Crippen LogP contribution < -0.4 is 0 Å². The van der Waals surface area contributed by atoms with Crippen LogP contribution in [0.25, 0.3) is 0 Å². The van der Waals surface area contributed by atoms with E-state index in [1.54, 1.807) is 5.57 Å². The maximum Gasteiger partial charge on any atom is 0.0383 e. The first-order chi connectivity index (χ1) is 6.33. The van der Waals surface area contributed by atoms with Gasteiger partial charge in [0.05, 0.1) is 0 Å². The zero-order valence-electron chi connectivity index (χ0n) is 8.92. The van der Waals surface area contributed by atoms with Crippen LogP contribution in [0.2, 0.25) is 0 Å². The average Bonchev–Trinajstić information content (AvgIpc) is 2.13. The van der Waals surface area contributed by atoms with Gasteiger partial charge in [0.2, 0.25) is 0 Å². The van der Waals surface area contributed by atoms with E-state index in [0.717, 1.165) is 6.54 Å². The summed E-state index contributed by atoms with van der Waals surface area (Å²) in [7, 11) is 2.13. The van der Waals surface area contributed by atoms with Crippen molar-refractivity contribution < 1.29 is 0 Å². The van der Waals surface area contributed by atoms with Crippen molar-refractivity contribution in [3.8, 4) is 0 Å². The molecule has 1 heteroatoms. The molecule has 0 saturated carbocycles. The van der Waals surface area contributed by atoms with E-state index in [0.29, 0.717) is 0 Å². The molecule has 0 aromatic rings. The van der Waals surface area contributed by atoms with E-state index in [1.165, 1.54) is 32.1 Å². The summed E-state index contributed by atoms with van der Waals surface area (Å²) in [6, 6.07) is 0. The summed E-state index contributed by atoms with van der Waals surface area (Å²) in [6.45, 7) is 3.39. The molecule has 1 aliphatic rings. The summed E-state index contributed by atoms with van der Waals surface area (Å²) in [6.07, 6.45) is 13.3. The second-order valence-electron chi connectivity index (χ2n) is 3.89. The molecule has 0 N–H and O–H groups in total. The number of likely N-dealkylation sites (N-methyl/N-ethyl adjacent to an activating group) is 1. The van der Waals surface area contributed by atoms with Crippen LogP contribution in [0, 0.1) is 0 Å². The minimum atomic E-state index is 1.13. The molecule has 1 heterocycles. The summed E-state index contributed by atoms with van der Waals surface area (Å²) < 4.78 is 0. The van der Waals surface area contributed by atoms with E-state index in [4.69, 9.17) is 0 Å². The van der Waals surface area contributed by atoms with Crippen LogP contribution in [-0.4, -0.2) is 18.5 Å². The van der Waals surface area contributed by atoms with Crippen LogP contribution in [0.15, 0.2) is 23.9 Å². The normalized spacial score (nSPS) is 16.2. The smallest absolute Gasteiger partial charge is 0.0383 e. The van der Waals surface area contributed by atoms with Gasteiger partial charge < -0.3 is 4.90 Å². The first kappa shape index (κ1) is 10.4. The molecule has 13 heavy (non-hydrogen) atoms.